The smallest absolute Gasteiger partial charge is 0.321 e. The maximum absolute atomic E-state index is 14.4. The predicted octanol–water partition coefficient (Wildman–Crippen LogP) is 4.10. The van der Waals surface area contributed by atoms with E-state index in [0.717, 1.165) is 18.4 Å². The number of urea groups is 1. The zero-order valence-corrected chi connectivity index (χ0v) is 17.7. The molecule has 3 amide bonds. The lowest BCUT2D eigenvalue weighted by Gasteiger charge is -2.17. The maximum Gasteiger partial charge on any atom is 0.321 e. The van der Waals surface area contributed by atoms with E-state index in [1.807, 2.05) is 34.9 Å². The highest BCUT2D eigenvalue weighted by Gasteiger charge is 2.33. The molecule has 9 heteroatoms. The van der Waals surface area contributed by atoms with Gasteiger partial charge in [0.1, 0.15) is 11.1 Å². The SMILES string of the molecule is CCNC(=O)NC(=O)[C@H](Sc1nnc(-c2ccccc2F)n1C1CC1)c1ccccc1. The summed E-state index contributed by atoms with van der Waals surface area (Å²) in [5.41, 5.74) is 1.10. The molecule has 0 saturated heterocycles. The number of hydrogen-bond donors (Lipinski definition) is 2. The van der Waals surface area contributed by atoms with E-state index >= 15 is 0 Å². The van der Waals surface area contributed by atoms with E-state index in [0.29, 0.717) is 23.1 Å². The van der Waals surface area contributed by atoms with E-state index in [9.17, 15) is 14.0 Å². The molecule has 1 atom stereocenters. The average Bonchev–Trinajstić information content (AvgIpc) is 3.52. The van der Waals surface area contributed by atoms with Gasteiger partial charge in [-0.2, -0.15) is 0 Å². The number of thioether (sulfide) groups is 1. The van der Waals surface area contributed by atoms with Crippen LogP contribution in [0.25, 0.3) is 11.4 Å². The molecule has 1 aliphatic rings. The van der Waals surface area contributed by atoms with Gasteiger partial charge in [0.15, 0.2) is 11.0 Å². The lowest BCUT2D eigenvalue weighted by atomic mass is 10.1. The van der Waals surface area contributed by atoms with Crippen LogP contribution in [0.1, 0.15) is 36.6 Å². The highest BCUT2D eigenvalue weighted by molar-refractivity contribution is 8.00. The summed E-state index contributed by atoms with van der Waals surface area (Å²) in [6.45, 7) is 2.18. The molecule has 160 valence electrons. The number of nitrogens with zero attached hydrogens (tertiary/aromatic N) is 3. The van der Waals surface area contributed by atoms with Crippen molar-refractivity contribution in [1.29, 1.82) is 0 Å². The Morgan fingerprint density at radius 2 is 1.84 bits per heavy atom. The van der Waals surface area contributed by atoms with Gasteiger partial charge in [0.25, 0.3) is 0 Å². The van der Waals surface area contributed by atoms with E-state index in [2.05, 4.69) is 20.8 Å². The molecule has 1 aromatic heterocycles. The minimum Gasteiger partial charge on any atom is -0.338 e. The average molecular weight is 440 g/mol. The first-order valence-corrected chi connectivity index (χ1v) is 11.0. The van der Waals surface area contributed by atoms with Crippen LogP contribution in [0.4, 0.5) is 9.18 Å². The molecule has 1 heterocycles. The Hall–Kier alpha value is -3.20. The first-order valence-electron chi connectivity index (χ1n) is 10.1. The second-order valence-electron chi connectivity index (χ2n) is 7.14. The molecular formula is C22H22FN5O2S. The standard InChI is InChI=1S/C22H22FN5O2S/c1-2-24-21(30)25-20(29)18(14-8-4-3-5-9-14)31-22-27-26-19(28(22)15-12-13-15)16-10-6-7-11-17(16)23/h3-11,15,18H,2,12-13H2,1H3,(H2,24,25,29,30)/t18-/m1/s1. The third-order valence-electron chi connectivity index (χ3n) is 4.83. The zero-order valence-electron chi connectivity index (χ0n) is 16.9. The second kappa shape index (κ2) is 9.30. The normalized spacial score (nSPS) is 14.1. The van der Waals surface area contributed by atoms with Gasteiger partial charge in [0.2, 0.25) is 5.91 Å². The van der Waals surface area contributed by atoms with Crippen molar-refractivity contribution in [2.45, 2.75) is 36.2 Å². The Balaban J connectivity index is 1.68. The van der Waals surface area contributed by atoms with Gasteiger partial charge < -0.3 is 5.32 Å². The summed E-state index contributed by atoms with van der Waals surface area (Å²) in [5.74, 6) is -0.388. The van der Waals surface area contributed by atoms with Gasteiger partial charge in [-0.3, -0.25) is 14.7 Å². The first kappa shape index (κ1) is 21.0. The Bertz CT molecular complexity index is 1080. The molecule has 0 spiro atoms. The van der Waals surface area contributed by atoms with Crippen LogP contribution < -0.4 is 10.6 Å². The van der Waals surface area contributed by atoms with Crippen LogP contribution in [0.2, 0.25) is 0 Å². The lowest BCUT2D eigenvalue weighted by molar-refractivity contribution is -0.119. The van der Waals surface area contributed by atoms with Crippen LogP contribution in [0.3, 0.4) is 0 Å². The van der Waals surface area contributed by atoms with Crippen LogP contribution >= 0.6 is 11.8 Å². The van der Waals surface area contributed by atoms with E-state index in [1.54, 1.807) is 25.1 Å². The summed E-state index contributed by atoms with van der Waals surface area (Å²) in [6.07, 6.45) is 1.88. The van der Waals surface area contributed by atoms with E-state index in [4.69, 9.17) is 0 Å². The van der Waals surface area contributed by atoms with Crippen LogP contribution in [-0.4, -0.2) is 33.2 Å². The second-order valence-corrected chi connectivity index (χ2v) is 8.22. The first-order chi connectivity index (χ1) is 15.1. The number of hydrogen-bond acceptors (Lipinski definition) is 5. The van der Waals surface area contributed by atoms with E-state index in [-0.39, 0.29) is 11.9 Å². The predicted molar refractivity (Wildman–Crippen MR) is 116 cm³/mol. The van der Waals surface area contributed by atoms with Gasteiger partial charge in [-0.25, -0.2) is 9.18 Å². The molecule has 3 aromatic rings. The monoisotopic (exact) mass is 439 g/mol. The summed E-state index contributed by atoms with van der Waals surface area (Å²) >= 11 is 1.20. The highest BCUT2D eigenvalue weighted by Crippen LogP contribution is 2.44. The summed E-state index contributed by atoms with van der Waals surface area (Å²) in [4.78, 5) is 24.9. The molecule has 0 radical (unpaired) electrons. The van der Waals surface area contributed by atoms with Gasteiger partial charge >= 0.3 is 6.03 Å². The summed E-state index contributed by atoms with van der Waals surface area (Å²) in [6, 6.07) is 15.2. The summed E-state index contributed by atoms with van der Waals surface area (Å²) < 4.78 is 16.3. The maximum atomic E-state index is 14.4. The molecule has 0 bridgehead atoms. The summed E-state index contributed by atoms with van der Waals surface area (Å²) in [5, 5.41) is 13.3. The Kier molecular flexibility index (Phi) is 6.31. The van der Waals surface area contributed by atoms with E-state index < -0.39 is 17.2 Å². The van der Waals surface area contributed by atoms with Crippen molar-refractivity contribution >= 4 is 23.7 Å². The van der Waals surface area contributed by atoms with Crippen molar-refractivity contribution < 1.29 is 14.0 Å². The van der Waals surface area contributed by atoms with Crippen molar-refractivity contribution in [3.63, 3.8) is 0 Å². The van der Waals surface area contributed by atoms with Crippen LogP contribution in [0, 0.1) is 5.82 Å². The number of amides is 3. The molecule has 1 aliphatic carbocycles. The minimum atomic E-state index is -0.723. The van der Waals surface area contributed by atoms with Gasteiger partial charge in [-0.1, -0.05) is 54.2 Å². The van der Waals surface area contributed by atoms with Crippen molar-refractivity contribution in [2.24, 2.45) is 0 Å². The number of nitrogens with one attached hydrogen (secondary N) is 2. The summed E-state index contributed by atoms with van der Waals surface area (Å²) in [7, 11) is 0. The topological polar surface area (TPSA) is 88.9 Å². The molecule has 4 rings (SSSR count). The molecule has 2 N–H and O–H groups in total. The fourth-order valence-corrected chi connectivity index (χ4v) is 4.34. The highest BCUT2D eigenvalue weighted by atomic mass is 32.2. The third kappa shape index (κ3) is 4.77. The molecule has 2 aromatic carbocycles. The number of halogens is 1. The molecular weight excluding hydrogens is 417 g/mol. The molecule has 0 aliphatic heterocycles. The molecule has 7 nitrogen and oxygen atoms in total. The number of carbonyl (C=O) groups is 2. The number of benzene rings is 2. The fraction of sp³-hybridized carbons (Fsp3) is 0.273. The molecule has 1 fully saturated rings. The Morgan fingerprint density at radius 3 is 2.52 bits per heavy atom. The van der Waals surface area contributed by atoms with Crippen LogP contribution in [0.5, 0.6) is 0 Å². The largest absolute Gasteiger partial charge is 0.338 e. The Labute approximate surface area is 183 Å². The van der Waals surface area contributed by atoms with Gasteiger partial charge in [-0.05, 0) is 37.5 Å². The van der Waals surface area contributed by atoms with E-state index in [1.165, 1.54) is 17.8 Å². The number of rotatable bonds is 7. The Morgan fingerprint density at radius 1 is 1.13 bits per heavy atom. The quantitative estimate of drug-likeness (QED) is 0.541. The van der Waals surface area contributed by atoms with Crippen molar-refractivity contribution in [3.05, 3.63) is 66.0 Å². The van der Waals surface area contributed by atoms with Crippen molar-refractivity contribution in [1.82, 2.24) is 25.4 Å². The number of imide groups is 1. The lowest BCUT2D eigenvalue weighted by Crippen LogP contribution is -2.41. The molecule has 31 heavy (non-hydrogen) atoms. The fourth-order valence-electron chi connectivity index (χ4n) is 3.23. The molecule has 1 saturated carbocycles. The van der Waals surface area contributed by atoms with Crippen LogP contribution in [-0.2, 0) is 4.79 Å². The van der Waals surface area contributed by atoms with Gasteiger partial charge in [0.05, 0.1) is 5.56 Å². The van der Waals surface area contributed by atoms with Crippen molar-refractivity contribution in [2.75, 3.05) is 6.54 Å². The van der Waals surface area contributed by atoms with Crippen molar-refractivity contribution in [3.8, 4) is 11.4 Å². The van der Waals surface area contributed by atoms with Gasteiger partial charge in [0, 0.05) is 12.6 Å². The number of aromatic nitrogens is 3. The van der Waals surface area contributed by atoms with Crippen LogP contribution in [0.15, 0.2) is 59.8 Å². The molecule has 0 unspecified atom stereocenters. The minimum absolute atomic E-state index is 0.162. The zero-order chi connectivity index (χ0) is 21.8. The van der Waals surface area contributed by atoms with Gasteiger partial charge in [-0.15, -0.1) is 10.2 Å². The number of carbonyl (C=O) groups excluding carboxylic acids is 2. The third-order valence-corrected chi connectivity index (χ3v) is 6.04.